The fraction of sp³-hybridized carbons (Fsp3) is 0.296. The van der Waals surface area contributed by atoms with Gasteiger partial charge in [0.25, 0.3) is 0 Å². The molecule has 0 bridgehead atoms. The lowest BCUT2D eigenvalue weighted by atomic mass is 9.72. The highest BCUT2D eigenvalue weighted by Gasteiger charge is 2.46. The van der Waals surface area contributed by atoms with Crippen molar-refractivity contribution in [3.63, 3.8) is 0 Å². The molecule has 1 aliphatic rings. The van der Waals surface area contributed by atoms with Gasteiger partial charge < -0.3 is 19.3 Å². The molecule has 0 aromatic heterocycles. The average molecular weight is 447 g/mol. The number of phenols is 1. The molecule has 0 amide bonds. The molecule has 0 saturated carbocycles. The SMILES string of the molecule is CCC1c2cc(OC)c(O)cc2C=NN(c2ccccc2OC)C1(C)c1ccccc1OC. The number of aromatic hydroxyl groups is 1. The summed E-state index contributed by atoms with van der Waals surface area (Å²) in [5.41, 5.74) is 3.08. The third-order valence-corrected chi connectivity index (χ3v) is 6.56. The van der Waals surface area contributed by atoms with Crippen molar-refractivity contribution in [3.8, 4) is 23.0 Å². The molecule has 0 aliphatic carbocycles. The number of anilines is 1. The molecule has 3 aromatic rings. The number of hydrogen-bond donors (Lipinski definition) is 1. The number of methoxy groups -OCH3 is 3. The minimum atomic E-state index is -0.653. The molecule has 33 heavy (non-hydrogen) atoms. The zero-order chi connectivity index (χ0) is 23.6. The first kappa shape index (κ1) is 22.5. The summed E-state index contributed by atoms with van der Waals surface area (Å²) in [6, 6.07) is 19.5. The second-order valence-electron chi connectivity index (χ2n) is 8.19. The van der Waals surface area contributed by atoms with Crippen molar-refractivity contribution < 1.29 is 19.3 Å². The second kappa shape index (κ2) is 9.06. The summed E-state index contributed by atoms with van der Waals surface area (Å²) in [6.07, 6.45) is 2.61. The maximum absolute atomic E-state index is 10.5. The van der Waals surface area contributed by atoms with Gasteiger partial charge in [0.15, 0.2) is 11.5 Å². The Balaban J connectivity index is 2.07. The van der Waals surface area contributed by atoms with E-state index >= 15 is 0 Å². The summed E-state index contributed by atoms with van der Waals surface area (Å²) >= 11 is 0. The minimum absolute atomic E-state index is 0.0225. The highest BCUT2D eigenvalue weighted by atomic mass is 16.5. The van der Waals surface area contributed by atoms with Crippen LogP contribution in [0.15, 0.2) is 65.8 Å². The number of para-hydroxylation sites is 3. The molecular weight excluding hydrogens is 416 g/mol. The van der Waals surface area contributed by atoms with E-state index in [1.54, 1.807) is 33.6 Å². The Morgan fingerprint density at radius 3 is 2.21 bits per heavy atom. The average Bonchev–Trinajstić information content (AvgIpc) is 2.97. The normalized spacial score (nSPS) is 19.5. The van der Waals surface area contributed by atoms with Crippen molar-refractivity contribution >= 4 is 11.9 Å². The number of phenolic OH excluding ortho intramolecular Hbond substituents is 1. The van der Waals surface area contributed by atoms with Crippen LogP contribution in [0.2, 0.25) is 0 Å². The lowest BCUT2D eigenvalue weighted by Crippen LogP contribution is -2.45. The van der Waals surface area contributed by atoms with Gasteiger partial charge in [-0.05, 0) is 49.2 Å². The fourth-order valence-electron chi connectivity index (χ4n) is 4.97. The quantitative estimate of drug-likeness (QED) is 0.528. The molecule has 0 spiro atoms. The van der Waals surface area contributed by atoms with E-state index in [0.29, 0.717) is 5.75 Å². The van der Waals surface area contributed by atoms with Crippen LogP contribution in [-0.4, -0.2) is 32.7 Å². The van der Waals surface area contributed by atoms with Crippen molar-refractivity contribution in [2.75, 3.05) is 26.3 Å². The van der Waals surface area contributed by atoms with Gasteiger partial charge in [0, 0.05) is 17.0 Å². The molecule has 1 N–H and O–H groups in total. The monoisotopic (exact) mass is 446 g/mol. The zero-order valence-corrected chi connectivity index (χ0v) is 19.7. The van der Waals surface area contributed by atoms with Gasteiger partial charge >= 0.3 is 0 Å². The highest BCUT2D eigenvalue weighted by Crippen LogP contribution is 2.52. The maximum Gasteiger partial charge on any atom is 0.160 e. The van der Waals surface area contributed by atoms with Crippen molar-refractivity contribution in [1.82, 2.24) is 0 Å². The van der Waals surface area contributed by atoms with E-state index in [2.05, 4.69) is 19.9 Å². The predicted octanol–water partition coefficient (Wildman–Crippen LogP) is 5.68. The number of hydrogen-bond acceptors (Lipinski definition) is 6. The predicted molar refractivity (Wildman–Crippen MR) is 131 cm³/mol. The molecule has 0 saturated heterocycles. The summed E-state index contributed by atoms with van der Waals surface area (Å²) in [7, 11) is 4.91. The number of ether oxygens (including phenoxy) is 3. The van der Waals surface area contributed by atoms with E-state index in [1.165, 1.54) is 0 Å². The Bertz CT molecular complexity index is 1180. The molecule has 1 aliphatic heterocycles. The van der Waals surface area contributed by atoms with Crippen LogP contribution in [0.4, 0.5) is 5.69 Å². The van der Waals surface area contributed by atoms with Gasteiger partial charge in [-0.15, -0.1) is 0 Å². The molecule has 2 atom stereocenters. The Kier molecular flexibility index (Phi) is 6.18. The Morgan fingerprint density at radius 1 is 0.909 bits per heavy atom. The number of benzene rings is 3. The molecule has 172 valence electrons. The first-order valence-corrected chi connectivity index (χ1v) is 11.0. The smallest absolute Gasteiger partial charge is 0.160 e. The number of hydrazone groups is 1. The molecule has 3 aromatic carbocycles. The lowest BCUT2D eigenvalue weighted by molar-refractivity contribution is 0.321. The first-order valence-electron chi connectivity index (χ1n) is 11.0. The highest BCUT2D eigenvalue weighted by molar-refractivity contribution is 5.86. The van der Waals surface area contributed by atoms with E-state index in [4.69, 9.17) is 19.3 Å². The van der Waals surface area contributed by atoms with Gasteiger partial charge in [-0.1, -0.05) is 37.3 Å². The van der Waals surface area contributed by atoms with Gasteiger partial charge in [0.05, 0.1) is 33.1 Å². The number of rotatable bonds is 6. The largest absolute Gasteiger partial charge is 0.504 e. The summed E-state index contributed by atoms with van der Waals surface area (Å²) in [5.74, 6) is 2.00. The minimum Gasteiger partial charge on any atom is -0.504 e. The van der Waals surface area contributed by atoms with Crippen molar-refractivity contribution in [2.24, 2.45) is 5.10 Å². The third-order valence-electron chi connectivity index (χ3n) is 6.56. The summed E-state index contributed by atoms with van der Waals surface area (Å²) in [4.78, 5) is 0. The van der Waals surface area contributed by atoms with Crippen molar-refractivity contribution in [2.45, 2.75) is 31.7 Å². The molecule has 0 radical (unpaired) electrons. The van der Waals surface area contributed by atoms with Gasteiger partial charge in [-0.2, -0.15) is 5.10 Å². The van der Waals surface area contributed by atoms with Crippen LogP contribution in [-0.2, 0) is 5.54 Å². The summed E-state index contributed by atoms with van der Waals surface area (Å²) < 4.78 is 17.0. The van der Waals surface area contributed by atoms with Crippen LogP contribution in [0.3, 0.4) is 0 Å². The molecule has 0 fully saturated rings. The standard InChI is InChI=1S/C27H30N2O4/c1-6-20-19-16-26(33-5)23(30)15-18(19)17-28-29(22-12-8-10-14-25(22)32-4)27(20,2)21-11-7-9-13-24(21)31-3/h7-17,20,30H,6H2,1-5H3. The Labute approximate surface area is 195 Å². The zero-order valence-electron chi connectivity index (χ0n) is 19.7. The third kappa shape index (κ3) is 3.65. The van der Waals surface area contributed by atoms with Crippen LogP contribution in [0.1, 0.15) is 42.9 Å². The molecule has 4 rings (SSSR count). The topological polar surface area (TPSA) is 63.5 Å². The van der Waals surface area contributed by atoms with E-state index in [9.17, 15) is 5.11 Å². The molecule has 6 heteroatoms. The van der Waals surface area contributed by atoms with E-state index in [-0.39, 0.29) is 11.7 Å². The van der Waals surface area contributed by atoms with Crippen LogP contribution >= 0.6 is 0 Å². The van der Waals surface area contributed by atoms with Crippen molar-refractivity contribution in [1.29, 1.82) is 0 Å². The van der Waals surface area contributed by atoms with Crippen LogP contribution < -0.4 is 19.2 Å². The van der Waals surface area contributed by atoms with Crippen LogP contribution in [0, 0.1) is 0 Å². The maximum atomic E-state index is 10.5. The molecule has 1 heterocycles. The van der Waals surface area contributed by atoms with Gasteiger partial charge in [0.1, 0.15) is 17.2 Å². The van der Waals surface area contributed by atoms with Crippen molar-refractivity contribution in [3.05, 3.63) is 77.4 Å². The molecule has 6 nitrogen and oxygen atoms in total. The fourth-order valence-corrected chi connectivity index (χ4v) is 4.97. The molecular formula is C27H30N2O4. The Hall–Kier alpha value is -3.67. The van der Waals surface area contributed by atoms with E-state index in [0.717, 1.165) is 40.3 Å². The lowest BCUT2D eigenvalue weighted by Gasteiger charge is -2.45. The summed E-state index contributed by atoms with van der Waals surface area (Å²) in [5, 5.41) is 17.5. The Morgan fingerprint density at radius 2 is 1.55 bits per heavy atom. The number of nitrogens with zero attached hydrogens (tertiary/aromatic N) is 2. The summed E-state index contributed by atoms with van der Waals surface area (Å²) in [6.45, 7) is 4.34. The van der Waals surface area contributed by atoms with Gasteiger partial charge in [-0.3, -0.25) is 5.01 Å². The molecule has 2 unspecified atom stereocenters. The van der Waals surface area contributed by atoms with E-state index in [1.807, 2.05) is 53.5 Å². The second-order valence-corrected chi connectivity index (χ2v) is 8.19. The first-order chi connectivity index (χ1) is 16.0. The van der Waals surface area contributed by atoms with Gasteiger partial charge in [0.2, 0.25) is 0 Å². The van der Waals surface area contributed by atoms with Gasteiger partial charge in [-0.25, -0.2) is 0 Å². The van der Waals surface area contributed by atoms with Crippen LogP contribution in [0.25, 0.3) is 0 Å². The van der Waals surface area contributed by atoms with Crippen LogP contribution in [0.5, 0.6) is 23.0 Å². The number of fused-ring (bicyclic) bond motifs is 1. The van der Waals surface area contributed by atoms with E-state index < -0.39 is 5.54 Å².